The van der Waals surface area contributed by atoms with Gasteiger partial charge in [0.25, 0.3) is 0 Å². The van der Waals surface area contributed by atoms with Crippen LogP contribution in [0, 0.1) is 0 Å². The molecule has 0 aromatic heterocycles. The van der Waals surface area contributed by atoms with Crippen LogP contribution in [0.1, 0.15) is 40.2 Å². The van der Waals surface area contributed by atoms with Gasteiger partial charge in [0.15, 0.2) is 0 Å². The minimum atomic E-state index is 0.664. The zero-order valence-corrected chi connectivity index (χ0v) is 9.95. The number of benzene rings is 2. The number of aryl methyl sites for hydroxylation is 2. The normalized spacial score (nSPS) is 20.6. The molecule has 1 atom stereocenters. The highest BCUT2D eigenvalue weighted by molar-refractivity contribution is 5.49. The van der Waals surface area contributed by atoms with E-state index in [9.17, 15) is 0 Å². The largest absolute Gasteiger partial charge is 0.0620 e. The Morgan fingerprint density at radius 3 is 2.65 bits per heavy atom. The first-order valence-corrected chi connectivity index (χ1v) is 6.61. The van der Waals surface area contributed by atoms with Gasteiger partial charge in [0.1, 0.15) is 0 Å². The van der Waals surface area contributed by atoms with Gasteiger partial charge < -0.3 is 0 Å². The molecule has 0 amide bonds. The maximum atomic E-state index is 2.46. The molecule has 0 aliphatic heterocycles. The molecule has 2 aliphatic rings. The molecule has 2 aliphatic carbocycles. The van der Waals surface area contributed by atoms with E-state index in [1.54, 1.807) is 16.7 Å². The van der Waals surface area contributed by atoms with Crippen molar-refractivity contribution < 1.29 is 0 Å². The van der Waals surface area contributed by atoms with E-state index in [0.717, 1.165) is 0 Å². The highest BCUT2D eigenvalue weighted by atomic mass is 14.3. The fourth-order valence-corrected chi connectivity index (χ4v) is 3.36. The Hall–Kier alpha value is -1.56. The van der Waals surface area contributed by atoms with Gasteiger partial charge in [-0.25, -0.2) is 0 Å². The zero-order chi connectivity index (χ0) is 11.2. The van der Waals surface area contributed by atoms with Crippen LogP contribution in [-0.2, 0) is 19.3 Å². The molecule has 0 saturated carbocycles. The molecular formula is C17H16. The Balaban J connectivity index is 1.74. The lowest BCUT2D eigenvalue weighted by molar-refractivity contribution is 0.707. The molecular weight excluding hydrogens is 204 g/mol. The molecule has 0 heterocycles. The van der Waals surface area contributed by atoms with Crippen LogP contribution < -0.4 is 0 Å². The van der Waals surface area contributed by atoms with Crippen molar-refractivity contribution in [2.75, 3.05) is 0 Å². The molecule has 84 valence electrons. The highest BCUT2D eigenvalue weighted by Crippen LogP contribution is 2.40. The minimum absolute atomic E-state index is 0.664. The molecule has 2 aromatic carbocycles. The molecule has 0 bridgehead atoms. The second kappa shape index (κ2) is 3.46. The average molecular weight is 220 g/mol. The van der Waals surface area contributed by atoms with E-state index in [2.05, 4.69) is 42.5 Å². The quantitative estimate of drug-likeness (QED) is 0.684. The van der Waals surface area contributed by atoms with Crippen LogP contribution in [0.3, 0.4) is 0 Å². The Morgan fingerprint density at radius 2 is 1.71 bits per heavy atom. The third-order valence-corrected chi connectivity index (χ3v) is 4.38. The van der Waals surface area contributed by atoms with Gasteiger partial charge in [-0.3, -0.25) is 0 Å². The van der Waals surface area contributed by atoms with Crippen LogP contribution in [0.2, 0.25) is 0 Å². The fraction of sp³-hybridized carbons (Fsp3) is 0.294. The topological polar surface area (TPSA) is 0 Å². The molecule has 17 heavy (non-hydrogen) atoms. The number of hydrogen-bond donors (Lipinski definition) is 0. The lowest BCUT2D eigenvalue weighted by Gasteiger charge is -2.30. The summed E-state index contributed by atoms with van der Waals surface area (Å²) in [5.41, 5.74) is 7.81. The van der Waals surface area contributed by atoms with E-state index in [1.165, 1.54) is 36.8 Å². The van der Waals surface area contributed by atoms with Gasteiger partial charge in [-0.15, -0.1) is 0 Å². The Labute approximate surface area is 102 Å². The fourth-order valence-electron chi connectivity index (χ4n) is 3.36. The molecule has 1 unspecified atom stereocenters. The van der Waals surface area contributed by atoms with Crippen LogP contribution in [0.15, 0.2) is 42.5 Å². The lowest BCUT2D eigenvalue weighted by atomic mass is 9.73. The lowest BCUT2D eigenvalue weighted by Crippen LogP contribution is -2.18. The number of rotatable bonds is 1. The summed E-state index contributed by atoms with van der Waals surface area (Å²) in [5, 5.41) is 0. The maximum absolute atomic E-state index is 2.46. The van der Waals surface area contributed by atoms with Crippen molar-refractivity contribution in [1.82, 2.24) is 0 Å². The van der Waals surface area contributed by atoms with Gasteiger partial charge in [0.05, 0.1) is 0 Å². The summed E-state index contributed by atoms with van der Waals surface area (Å²) >= 11 is 0. The van der Waals surface area contributed by atoms with E-state index < -0.39 is 0 Å². The van der Waals surface area contributed by atoms with Gasteiger partial charge in [-0.2, -0.15) is 0 Å². The number of hydrogen-bond acceptors (Lipinski definition) is 0. The Kier molecular flexibility index (Phi) is 1.93. The summed E-state index contributed by atoms with van der Waals surface area (Å²) < 4.78 is 0. The third kappa shape index (κ3) is 1.37. The van der Waals surface area contributed by atoms with Crippen molar-refractivity contribution in [2.45, 2.75) is 31.6 Å². The standard InChI is InChI=1S/C17H16/c1-2-7-16-14(4-1)11-17(16)15-9-8-12-5-3-6-13(12)10-15/h1-2,4,7-10,17H,3,5-6,11H2. The maximum Gasteiger partial charge on any atom is 0.0133 e. The van der Waals surface area contributed by atoms with Crippen molar-refractivity contribution in [1.29, 1.82) is 0 Å². The monoisotopic (exact) mass is 220 g/mol. The van der Waals surface area contributed by atoms with Crippen molar-refractivity contribution >= 4 is 0 Å². The molecule has 0 fully saturated rings. The predicted molar refractivity (Wildman–Crippen MR) is 70.5 cm³/mol. The molecule has 2 aromatic rings. The zero-order valence-electron chi connectivity index (χ0n) is 9.95. The average Bonchev–Trinajstić information content (AvgIpc) is 2.78. The van der Waals surface area contributed by atoms with Crippen LogP contribution in [0.4, 0.5) is 0 Å². The molecule has 0 N–H and O–H groups in total. The smallest absolute Gasteiger partial charge is 0.0133 e. The highest BCUT2D eigenvalue weighted by Gasteiger charge is 2.27. The molecule has 0 nitrogen and oxygen atoms in total. The van der Waals surface area contributed by atoms with Crippen LogP contribution in [0.5, 0.6) is 0 Å². The second-order valence-corrected chi connectivity index (χ2v) is 5.34. The van der Waals surface area contributed by atoms with Gasteiger partial charge in [0, 0.05) is 5.92 Å². The number of fused-ring (bicyclic) bond motifs is 2. The third-order valence-electron chi connectivity index (χ3n) is 4.38. The van der Waals surface area contributed by atoms with Gasteiger partial charge in [0.2, 0.25) is 0 Å². The second-order valence-electron chi connectivity index (χ2n) is 5.34. The van der Waals surface area contributed by atoms with Gasteiger partial charge in [-0.05, 0) is 53.5 Å². The summed E-state index contributed by atoms with van der Waals surface area (Å²) in [6.07, 6.45) is 5.16. The molecule has 0 saturated heterocycles. The van der Waals surface area contributed by atoms with Crippen molar-refractivity contribution in [3.63, 3.8) is 0 Å². The van der Waals surface area contributed by atoms with Crippen molar-refractivity contribution in [2.24, 2.45) is 0 Å². The summed E-state index contributed by atoms with van der Waals surface area (Å²) in [5.74, 6) is 0.664. The van der Waals surface area contributed by atoms with E-state index in [-0.39, 0.29) is 0 Å². The summed E-state index contributed by atoms with van der Waals surface area (Å²) in [4.78, 5) is 0. The van der Waals surface area contributed by atoms with Gasteiger partial charge in [-0.1, -0.05) is 42.5 Å². The molecule has 0 heteroatoms. The van der Waals surface area contributed by atoms with Crippen LogP contribution in [0.25, 0.3) is 0 Å². The van der Waals surface area contributed by atoms with E-state index in [0.29, 0.717) is 5.92 Å². The Morgan fingerprint density at radius 1 is 0.824 bits per heavy atom. The molecule has 0 radical (unpaired) electrons. The SMILES string of the molecule is c1ccc2c(c1)CC2c1ccc2c(c1)CCC2. The minimum Gasteiger partial charge on any atom is -0.0620 e. The molecule has 4 rings (SSSR count). The summed E-state index contributed by atoms with van der Waals surface area (Å²) in [7, 11) is 0. The predicted octanol–water partition coefficient (Wildman–Crippen LogP) is 3.86. The van der Waals surface area contributed by atoms with Crippen molar-refractivity contribution in [3.8, 4) is 0 Å². The van der Waals surface area contributed by atoms with E-state index >= 15 is 0 Å². The van der Waals surface area contributed by atoms with Gasteiger partial charge >= 0.3 is 0 Å². The summed E-state index contributed by atoms with van der Waals surface area (Å²) in [6, 6.07) is 16.0. The van der Waals surface area contributed by atoms with Crippen LogP contribution in [-0.4, -0.2) is 0 Å². The molecule has 0 spiro atoms. The summed E-state index contributed by atoms with van der Waals surface area (Å²) in [6.45, 7) is 0. The first-order chi connectivity index (χ1) is 8.42. The first-order valence-electron chi connectivity index (χ1n) is 6.61. The van der Waals surface area contributed by atoms with Crippen molar-refractivity contribution in [3.05, 3.63) is 70.3 Å². The Bertz CT molecular complexity index is 580. The first kappa shape index (κ1) is 9.47. The van der Waals surface area contributed by atoms with E-state index in [4.69, 9.17) is 0 Å². The van der Waals surface area contributed by atoms with E-state index in [1.807, 2.05) is 0 Å². The van der Waals surface area contributed by atoms with Crippen LogP contribution >= 0.6 is 0 Å².